The fraction of sp³-hybridized carbons (Fsp3) is 0.143. The standard InChI is InChI=1S/C14H12Br2ClFN2/c1-7-8(3-2-4-10(7)15)14(20-19)9-5-6-11(16)12(17)13(9)18/h2-6,14,20H,19H2,1H3. The summed E-state index contributed by atoms with van der Waals surface area (Å²) in [6, 6.07) is 8.61. The quantitative estimate of drug-likeness (QED) is 0.421. The van der Waals surface area contributed by atoms with Crippen LogP contribution in [0.2, 0.25) is 5.02 Å². The molecule has 0 aliphatic rings. The van der Waals surface area contributed by atoms with Gasteiger partial charge in [0.1, 0.15) is 5.82 Å². The zero-order chi connectivity index (χ0) is 14.9. The predicted molar refractivity (Wildman–Crippen MR) is 87.2 cm³/mol. The van der Waals surface area contributed by atoms with Crippen molar-refractivity contribution in [3.8, 4) is 0 Å². The van der Waals surface area contributed by atoms with Crippen molar-refractivity contribution >= 4 is 43.5 Å². The second-order valence-corrected chi connectivity index (χ2v) is 6.40. The second kappa shape index (κ2) is 6.54. The number of rotatable bonds is 3. The topological polar surface area (TPSA) is 38.0 Å². The first kappa shape index (κ1) is 15.9. The molecule has 0 heterocycles. The molecule has 1 unspecified atom stereocenters. The van der Waals surface area contributed by atoms with Crippen molar-refractivity contribution in [2.45, 2.75) is 13.0 Å². The van der Waals surface area contributed by atoms with Crippen molar-refractivity contribution in [1.29, 1.82) is 0 Å². The van der Waals surface area contributed by atoms with Crippen LogP contribution in [0.15, 0.2) is 39.3 Å². The highest BCUT2D eigenvalue weighted by molar-refractivity contribution is 9.10. The number of nitrogens with two attached hydrogens (primary N) is 1. The molecule has 0 saturated carbocycles. The molecule has 2 rings (SSSR count). The van der Waals surface area contributed by atoms with Gasteiger partial charge in [-0.2, -0.15) is 0 Å². The lowest BCUT2D eigenvalue weighted by Gasteiger charge is -2.21. The summed E-state index contributed by atoms with van der Waals surface area (Å²) in [5.74, 6) is 5.14. The Morgan fingerprint density at radius 3 is 2.50 bits per heavy atom. The fourth-order valence-electron chi connectivity index (χ4n) is 2.05. The summed E-state index contributed by atoms with van der Waals surface area (Å²) in [4.78, 5) is 0. The molecule has 1 atom stereocenters. The molecule has 0 amide bonds. The maximum absolute atomic E-state index is 14.3. The molecular weight excluding hydrogens is 410 g/mol. The van der Waals surface area contributed by atoms with E-state index in [2.05, 4.69) is 37.3 Å². The van der Waals surface area contributed by atoms with Crippen molar-refractivity contribution < 1.29 is 4.39 Å². The van der Waals surface area contributed by atoms with E-state index in [1.165, 1.54) is 0 Å². The van der Waals surface area contributed by atoms with Gasteiger partial charge in [0.25, 0.3) is 0 Å². The highest BCUT2D eigenvalue weighted by Gasteiger charge is 2.21. The van der Waals surface area contributed by atoms with Crippen LogP contribution in [0.25, 0.3) is 0 Å². The van der Waals surface area contributed by atoms with E-state index < -0.39 is 11.9 Å². The van der Waals surface area contributed by atoms with Gasteiger partial charge in [0.15, 0.2) is 0 Å². The van der Waals surface area contributed by atoms with Gasteiger partial charge in [-0.05, 0) is 46.1 Å². The summed E-state index contributed by atoms with van der Waals surface area (Å²) in [5, 5.41) is 0.0513. The van der Waals surface area contributed by atoms with E-state index in [1.54, 1.807) is 12.1 Å². The molecule has 0 saturated heterocycles. The lowest BCUT2D eigenvalue weighted by Crippen LogP contribution is -2.30. The van der Waals surface area contributed by atoms with Gasteiger partial charge in [-0.1, -0.05) is 45.7 Å². The van der Waals surface area contributed by atoms with Crippen LogP contribution in [0.5, 0.6) is 0 Å². The van der Waals surface area contributed by atoms with Crippen LogP contribution in [0.1, 0.15) is 22.7 Å². The minimum atomic E-state index is -0.483. The molecule has 106 valence electrons. The molecule has 0 aromatic heterocycles. The van der Waals surface area contributed by atoms with E-state index in [-0.39, 0.29) is 5.02 Å². The Labute approximate surface area is 138 Å². The monoisotopic (exact) mass is 420 g/mol. The van der Waals surface area contributed by atoms with Crippen molar-refractivity contribution in [2.75, 3.05) is 0 Å². The SMILES string of the molecule is Cc1c(Br)cccc1C(NN)c1ccc(Br)c(Cl)c1F. The average molecular weight is 423 g/mol. The van der Waals surface area contributed by atoms with Crippen molar-refractivity contribution in [3.63, 3.8) is 0 Å². The molecule has 0 bridgehead atoms. The lowest BCUT2D eigenvalue weighted by molar-refractivity contribution is 0.558. The minimum absolute atomic E-state index is 0.0513. The van der Waals surface area contributed by atoms with Gasteiger partial charge < -0.3 is 0 Å². The lowest BCUT2D eigenvalue weighted by atomic mass is 9.95. The minimum Gasteiger partial charge on any atom is -0.271 e. The molecule has 0 radical (unpaired) electrons. The van der Waals surface area contributed by atoms with Crippen LogP contribution in [-0.4, -0.2) is 0 Å². The van der Waals surface area contributed by atoms with Crippen molar-refractivity contribution in [2.24, 2.45) is 5.84 Å². The summed E-state index contributed by atoms with van der Waals surface area (Å²) < 4.78 is 15.8. The molecule has 0 spiro atoms. The summed E-state index contributed by atoms with van der Waals surface area (Å²) >= 11 is 12.6. The van der Waals surface area contributed by atoms with Crippen LogP contribution in [0, 0.1) is 12.7 Å². The smallest absolute Gasteiger partial charge is 0.148 e. The zero-order valence-electron chi connectivity index (χ0n) is 10.6. The molecular formula is C14H12Br2ClFN2. The van der Waals surface area contributed by atoms with Gasteiger partial charge in [-0.3, -0.25) is 5.84 Å². The first-order valence-corrected chi connectivity index (χ1v) is 7.78. The molecule has 20 heavy (non-hydrogen) atoms. The third-order valence-corrected chi connectivity index (χ3v) is 5.28. The molecule has 0 fully saturated rings. The van der Waals surface area contributed by atoms with Gasteiger partial charge >= 0.3 is 0 Å². The molecule has 0 aliphatic heterocycles. The Hall–Kier alpha value is -0.460. The molecule has 2 aromatic carbocycles. The van der Waals surface area contributed by atoms with Crippen LogP contribution < -0.4 is 11.3 Å². The molecule has 2 nitrogen and oxygen atoms in total. The Morgan fingerprint density at radius 1 is 1.15 bits per heavy atom. The summed E-state index contributed by atoms with van der Waals surface area (Å²) in [6.07, 6.45) is 0. The molecule has 6 heteroatoms. The predicted octanol–water partition coefficient (Wildman–Crippen LogP) is 4.87. The van der Waals surface area contributed by atoms with Gasteiger partial charge in [-0.15, -0.1) is 0 Å². The van der Waals surface area contributed by atoms with Gasteiger partial charge in [0, 0.05) is 14.5 Å². The molecule has 2 aromatic rings. The maximum Gasteiger partial charge on any atom is 0.148 e. The number of halogens is 4. The Bertz CT molecular complexity index is 649. The van der Waals surface area contributed by atoms with E-state index in [0.29, 0.717) is 10.0 Å². The van der Waals surface area contributed by atoms with Crippen molar-refractivity contribution in [3.05, 3.63) is 66.8 Å². The first-order valence-electron chi connectivity index (χ1n) is 5.82. The molecule has 0 aliphatic carbocycles. The average Bonchev–Trinajstić information content (AvgIpc) is 2.44. The fourth-order valence-corrected chi connectivity index (χ4v) is 2.91. The van der Waals surface area contributed by atoms with Crippen LogP contribution in [0.4, 0.5) is 4.39 Å². The van der Waals surface area contributed by atoms with Gasteiger partial charge in [0.2, 0.25) is 0 Å². The molecule has 3 N–H and O–H groups in total. The highest BCUT2D eigenvalue weighted by atomic mass is 79.9. The Balaban J connectivity index is 2.59. The van der Waals surface area contributed by atoms with Crippen LogP contribution >= 0.6 is 43.5 Å². The Morgan fingerprint density at radius 2 is 1.85 bits per heavy atom. The normalized spacial score (nSPS) is 12.5. The first-order chi connectivity index (χ1) is 9.47. The van der Waals surface area contributed by atoms with E-state index in [4.69, 9.17) is 17.4 Å². The third kappa shape index (κ3) is 2.92. The highest BCUT2D eigenvalue weighted by Crippen LogP contribution is 2.34. The number of hydrogen-bond acceptors (Lipinski definition) is 2. The zero-order valence-corrected chi connectivity index (χ0v) is 14.5. The summed E-state index contributed by atoms with van der Waals surface area (Å²) in [5.41, 5.74) is 4.94. The summed E-state index contributed by atoms with van der Waals surface area (Å²) in [7, 11) is 0. The summed E-state index contributed by atoms with van der Waals surface area (Å²) in [6.45, 7) is 1.95. The van der Waals surface area contributed by atoms with E-state index in [1.807, 2.05) is 25.1 Å². The number of hydrazine groups is 1. The van der Waals surface area contributed by atoms with Gasteiger partial charge in [0.05, 0.1) is 11.1 Å². The van der Waals surface area contributed by atoms with Crippen molar-refractivity contribution in [1.82, 2.24) is 5.43 Å². The van der Waals surface area contributed by atoms with Crippen LogP contribution in [-0.2, 0) is 0 Å². The third-order valence-electron chi connectivity index (χ3n) is 3.16. The van der Waals surface area contributed by atoms with E-state index >= 15 is 0 Å². The number of hydrogen-bond donors (Lipinski definition) is 2. The van der Waals surface area contributed by atoms with E-state index in [0.717, 1.165) is 15.6 Å². The number of benzene rings is 2. The number of nitrogens with one attached hydrogen (secondary N) is 1. The van der Waals surface area contributed by atoms with E-state index in [9.17, 15) is 4.39 Å². The largest absolute Gasteiger partial charge is 0.271 e. The Kier molecular flexibility index (Phi) is 5.20. The maximum atomic E-state index is 14.3. The second-order valence-electron chi connectivity index (χ2n) is 4.32. The van der Waals surface area contributed by atoms with Gasteiger partial charge in [-0.25, -0.2) is 9.82 Å². The van der Waals surface area contributed by atoms with Crippen LogP contribution in [0.3, 0.4) is 0 Å².